The van der Waals surface area contributed by atoms with Gasteiger partial charge in [-0.25, -0.2) is 4.99 Å². The number of aliphatic imine (C=N–C) groups is 2. The third-order valence-electron chi connectivity index (χ3n) is 7.62. The molecule has 5 heteroatoms. The van der Waals surface area contributed by atoms with Crippen LogP contribution < -0.4 is 5.73 Å². The molecule has 1 aliphatic heterocycles. The summed E-state index contributed by atoms with van der Waals surface area (Å²) in [5.74, 6) is 6.65. The second-order valence-corrected chi connectivity index (χ2v) is 9.42. The van der Waals surface area contributed by atoms with Crippen LogP contribution >= 0.6 is 0 Å². The number of rotatable bonds is 2. The maximum absolute atomic E-state index is 6.33. The monoisotopic (exact) mass is 426 g/mol. The Morgan fingerprint density at radius 3 is 2.53 bits per heavy atom. The molecule has 164 valence electrons. The first kappa shape index (κ1) is 20.9. The number of nitrogens with two attached hydrogens (primary N) is 1. The smallest absolute Gasteiger partial charge is 0.184 e. The standard InChI is InChI=1S/C27H30N4O/c1-5-6-19-12-21(16-29-15-19)23-13-24-20(11-17(23)2)14-26(9-7-22(32-4)8-10-26)27(24)30-18(3)25(28)31-27/h11-13,15-16,22H,7-10,14H2,1-4H3,(H2,28,31)/t22-,26-,27?. The highest BCUT2D eigenvalue weighted by atomic mass is 16.5. The SMILES string of the molecule is CC#Cc1cncc(-c2cc3c(cc2C)C[C@]2(CC[C@@H](OC)CC2)C32N=C(C)C(N)=N2)c1. The van der Waals surface area contributed by atoms with Gasteiger partial charge in [0.1, 0.15) is 5.84 Å². The third kappa shape index (κ3) is 3.01. The predicted octanol–water partition coefficient (Wildman–Crippen LogP) is 4.54. The molecule has 5 rings (SSSR count). The number of amidine groups is 1. The Bertz CT molecular complexity index is 1190. The van der Waals surface area contributed by atoms with E-state index in [1.807, 2.05) is 33.4 Å². The summed E-state index contributed by atoms with van der Waals surface area (Å²) in [6.07, 6.45) is 9.15. The molecular formula is C27H30N4O. The molecule has 1 saturated carbocycles. The number of pyridine rings is 1. The lowest BCUT2D eigenvalue weighted by Gasteiger charge is -2.44. The zero-order valence-electron chi connectivity index (χ0n) is 19.3. The topological polar surface area (TPSA) is 72.9 Å². The summed E-state index contributed by atoms with van der Waals surface area (Å²) in [6, 6.07) is 6.73. The number of aromatic nitrogens is 1. The molecule has 2 N–H and O–H groups in total. The number of fused-ring (bicyclic) bond motifs is 3. The Hall–Kier alpha value is -2.97. The predicted molar refractivity (Wildman–Crippen MR) is 129 cm³/mol. The second kappa shape index (κ2) is 7.56. The van der Waals surface area contributed by atoms with Gasteiger partial charge >= 0.3 is 0 Å². The van der Waals surface area contributed by atoms with Crippen LogP contribution in [0.25, 0.3) is 11.1 Å². The first-order chi connectivity index (χ1) is 15.4. The van der Waals surface area contributed by atoms with Gasteiger partial charge in [0.15, 0.2) is 5.66 Å². The Labute approximate surface area is 190 Å². The Morgan fingerprint density at radius 1 is 1.09 bits per heavy atom. The zero-order chi connectivity index (χ0) is 22.5. The van der Waals surface area contributed by atoms with E-state index in [0.29, 0.717) is 11.9 Å². The molecule has 3 aliphatic rings. The Balaban J connectivity index is 1.67. The quantitative estimate of drug-likeness (QED) is 0.717. The van der Waals surface area contributed by atoms with Crippen molar-refractivity contribution in [2.24, 2.45) is 21.1 Å². The average Bonchev–Trinajstić information content (AvgIpc) is 3.21. The molecule has 1 unspecified atom stereocenters. The average molecular weight is 427 g/mol. The molecule has 32 heavy (non-hydrogen) atoms. The zero-order valence-corrected chi connectivity index (χ0v) is 19.3. The summed E-state index contributed by atoms with van der Waals surface area (Å²) in [6.45, 7) is 6.00. The van der Waals surface area contributed by atoms with E-state index in [4.69, 9.17) is 20.5 Å². The fourth-order valence-corrected chi connectivity index (χ4v) is 5.97. The Kier molecular flexibility index (Phi) is 4.94. The number of methoxy groups -OCH3 is 1. The van der Waals surface area contributed by atoms with Crippen molar-refractivity contribution >= 4 is 11.5 Å². The molecular weight excluding hydrogens is 396 g/mol. The summed E-state index contributed by atoms with van der Waals surface area (Å²) < 4.78 is 5.68. The van der Waals surface area contributed by atoms with Crippen molar-refractivity contribution in [3.8, 4) is 23.0 Å². The number of aryl methyl sites for hydroxylation is 1. The van der Waals surface area contributed by atoms with Gasteiger partial charge in [0.2, 0.25) is 0 Å². The van der Waals surface area contributed by atoms with Crippen LogP contribution in [0, 0.1) is 24.2 Å². The van der Waals surface area contributed by atoms with Crippen LogP contribution in [0.2, 0.25) is 0 Å². The van der Waals surface area contributed by atoms with Crippen LogP contribution in [0.1, 0.15) is 61.8 Å². The molecule has 1 atom stereocenters. The van der Waals surface area contributed by atoms with Crippen LogP contribution in [0.3, 0.4) is 0 Å². The van der Waals surface area contributed by atoms with E-state index in [2.05, 4.69) is 41.9 Å². The van der Waals surface area contributed by atoms with E-state index in [1.54, 1.807) is 0 Å². The number of nitrogens with zero attached hydrogens (tertiary/aromatic N) is 3. The highest BCUT2D eigenvalue weighted by Crippen LogP contribution is 2.62. The first-order valence-electron chi connectivity index (χ1n) is 11.4. The van der Waals surface area contributed by atoms with E-state index in [1.165, 1.54) is 16.7 Å². The third-order valence-corrected chi connectivity index (χ3v) is 7.62. The molecule has 2 aliphatic carbocycles. The lowest BCUT2D eigenvalue weighted by atomic mass is 9.65. The number of hydrogen-bond acceptors (Lipinski definition) is 5. The fraction of sp³-hybridized carbons (Fsp3) is 0.444. The normalized spacial score (nSPS) is 28.3. The van der Waals surface area contributed by atoms with Crippen molar-refractivity contribution in [1.82, 2.24) is 4.98 Å². The van der Waals surface area contributed by atoms with Crippen molar-refractivity contribution in [3.63, 3.8) is 0 Å². The maximum atomic E-state index is 6.33. The maximum Gasteiger partial charge on any atom is 0.184 e. The van der Waals surface area contributed by atoms with Gasteiger partial charge < -0.3 is 10.5 Å². The lowest BCUT2D eigenvalue weighted by molar-refractivity contribution is -0.000372. The van der Waals surface area contributed by atoms with Gasteiger partial charge in [-0.3, -0.25) is 9.98 Å². The summed E-state index contributed by atoms with van der Waals surface area (Å²) >= 11 is 0. The van der Waals surface area contributed by atoms with E-state index < -0.39 is 5.66 Å². The minimum Gasteiger partial charge on any atom is -0.382 e. The minimum absolute atomic E-state index is 0.0500. The first-order valence-corrected chi connectivity index (χ1v) is 11.4. The molecule has 0 bridgehead atoms. The van der Waals surface area contributed by atoms with Gasteiger partial charge in [-0.15, -0.1) is 5.92 Å². The van der Waals surface area contributed by atoms with Crippen molar-refractivity contribution in [2.75, 3.05) is 7.11 Å². The van der Waals surface area contributed by atoms with Crippen molar-refractivity contribution < 1.29 is 4.74 Å². The van der Waals surface area contributed by atoms with Gasteiger partial charge in [0, 0.05) is 41.6 Å². The Morgan fingerprint density at radius 2 is 1.88 bits per heavy atom. The lowest BCUT2D eigenvalue weighted by Crippen LogP contribution is -2.43. The van der Waals surface area contributed by atoms with E-state index >= 15 is 0 Å². The molecule has 2 aromatic rings. The van der Waals surface area contributed by atoms with Gasteiger partial charge in [0.05, 0.1) is 11.8 Å². The molecule has 0 radical (unpaired) electrons. The molecule has 0 amide bonds. The molecule has 1 fully saturated rings. The van der Waals surface area contributed by atoms with E-state index in [9.17, 15) is 0 Å². The van der Waals surface area contributed by atoms with Gasteiger partial charge in [-0.2, -0.15) is 0 Å². The highest BCUT2D eigenvalue weighted by Gasteiger charge is 2.60. The van der Waals surface area contributed by atoms with Crippen molar-refractivity contribution in [2.45, 2.75) is 64.6 Å². The number of ether oxygens (including phenoxy) is 1. The molecule has 1 aromatic carbocycles. The van der Waals surface area contributed by atoms with E-state index in [-0.39, 0.29) is 5.41 Å². The van der Waals surface area contributed by atoms with Crippen LogP contribution in [0.5, 0.6) is 0 Å². The minimum atomic E-state index is -0.633. The molecule has 2 heterocycles. The molecule has 1 aromatic heterocycles. The van der Waals surface area contributed by atoms with Gasteiger partial charge in [-0.1, -0.05) is 12.0 Å². The summed E-state index contributed by atoms with van der Waals surface area (Å²) in [7, 11) is 1.82. The van der Waals surface area contributed by atoms with Crippen LogP contribution in [0.15, 0.2) is 40.6 Å². The van der Waals surface area contributed by atoms with Crippen LogP contribution in [-0.2, 0) is 16.8 Å². The van der Waals surface area contributed by atoms with E-state index in [0.717, 1.165) is 54.5 Å². The molecule has 0 saturated heterocycles. The van der Waals surface area contributed by atoms with Crippen molar-refractivity contribution in [1.29, 1.82) is 0 Å². The highest BCUT2D eigenvalue weighted by molar-refractivity contribution is 6.41. The summed E-state index contributed by atoms with van der Waals surface area (Å²) in [5, 5.41) is 0. The largest absolute Gasteiger partial charge is 0.382 e. The number of hydrogen-bond donors (Lipinski definition) is 1. The van der Waals surface area contributed by atoms with Gasteiger partial charge in [-0.05, 0) is 81.7 Å². The summed E-state index contributed by atoms with van der Waals surface area (Å²) in [4.78, 5) is 14.7. The second-order valence-electron chi connectivity index (χ2n) is 9.42. The number of benzene rings is 1. The van der Waals surface area contributed by atoms with Crippen LogP contribution in [0.4, 0.5) is 0 Å². The fourth-order valence-electron chi connectivity index (χ4n) is 5.97. The summed E-state index contributed by atoms with van der Waals surface area (Å²) in [5.41, 5.74) is 13.4. The van der Waals surface area contributed by atoms with Crippen molar-refractivity contribution in [3.05, 3.63) is 52.8 Å². The van der Waals surface area contributed by atoms with Gasteiger partial charge in [0.25, 0.3) is 0 Å². The molecule has 2 spiro atoms. The van der Waals surface area contributed by atoms with Crippen LogP contribution in [-0.4, -0.2) is 29.7 Å². The molecule has 5 nitrogen and oxygen atoms in total.